The third kappa shape index (κ3) is 4.40. The lowest BCUT2D eigenvalue weighted by Crippen LogP contribution is -2.31. The summed E-state index contributed by atoms with van der Waals surface area (Å²) in [6.07, 6.45) is 1.72. The van der Waals surface area contributed by atoms with Gasteiger partial charge >= 0.3 is 0 Å². The fraction of sp³-hybridized carbons (Fsp3) is 0.154. The van der Waals surface area contributed by atoms with E-state index in [0.717, 1.165) is 0 Å². The van der Waals surface area contributed by atoms with Crippen molar-refractivity contribution in [1.82, 2.24) is 15.5 Å². The van der Waals surface area contributed by atoms with Crippen LogP contribution >= 0.6 is 28.1 Å². The van der Waals surface area contributed by atoms with Gasteiger partial charge in [0.1, 0.15) is 11.6 Å². The smallest absolute Gasteiger partial charge is 0.172 e. The van der Waals surface area contributed by atoms with Crippen molar-refractivity contribution in [3.8, 4) is 0 Å². The quantitative estimate of drug-likeness (QED) is 0.807. The Morgan fingerprint density at radius 2 is 1.95 bits per heavy atom. The molecule has 0 aliphatic rings. The number of hydrogen-bond acceptors (Lipinski definition) is 3. The second-order valence-electron chi connectivity index (χ2n) is 4.06. The zero-order valence-corrected chi connectivity index (χ0v) is 13.1. The molecule has 8 heteroatoms. The zero-order chi connectivity index (χ0) is 15.2. The fourth-order valence-corrected chi connectivity index (χ4v) is 2.12. The minimum Gasteiger partial charge on any atom is -0.362 e. The molecule has 0 unspecified atom stereocenters. The summed E-state index contributed by atoms with van der Waals surface area (Å²) >= 11 is 8.38. The molecule has 0 aliphatic carbocycles. The van der Waals surface area contributed by atoms with E-state index in [1.165, 1.54) is 24.4 Å². The summed E-state index contributed by atoms with van der Waals surface area (Å²) in [7, 11) is 0. The van der Waals surface area contributed by atoms with Crippen LogP contribution in [0.2, 0.25) is 0 Å². The molecular weight excluding hydrogens is 362 g/mol. The lowest BCUT2D eigenvalue weighted by molar-refractivity contribution is 0.553. The van der Waals surface area contributed by atoms with E-state index < -0.39 is 11.6 Å². The van der Waals surface area contributed by atoms with E-state index in [0.29, 0.717) is 21.9 Å². The summed E-state index contributed by atoms with van der Waals surface area (Å²) in [6.45, 7) is 0.293. The highest BCUT2D eigenvalue weighted by molar-refractivity contribution is 9.10. The molecule has 1 heterocycles. The molecule has 1 aromatic carbocycles. The average Bonchev–Trinajstić information content (AvgIpc) is 2.45. The van der Waals surface area contributed by atoms with Crippen LogP contribution in [0.3, 0.4) is 0 Å². The van der Waals surface area contributed by atoms with Crippen LogP contribution in [0.25, 0.3) is 0 Å². The van der Waals surface area contributed by atoms with Gasteiger partial charge in [0, 0.05) is 12.1 Å². The van der Waals surface area contributed by atoms with Gasteiger partial charge in [-0.25, -0.2) is 8.78 Å². The molecule has 4 nitrogen and oxygen atoms in total. The molecule has 0 atom stereocenters. The van der Waals surface area contributed by atoms with Gasteiger partial charge in [0.15, 0.2) is 10.9 Å². The first-order valence-corrected chi connectivity index (χ1v) is 7.23. The number of hydrogen-bond donors (Lipinski definition) is 2. The Bertz CT molecular complexity index is 634. The molecule has 0 amide bonds. The molecule has 0 bridgehead atoms. The summed E-state index contributed by atoms with van der Waals surface area (Å²) in [5, 5.41) is 13.6. The SMILES string of the molecule is Fc1cccc(F)c1CCNC(=S)Nc1nnccc1Br. The Morgan fingerprint density at radius 1 is 1.24 bits per heavy atom. The van der Waals surface area contributed by atoms with Crippen LogP contribution in [-0.2, 0) is 6.42 Å². The van der Waals surface area contributed by atoms with Crippen molar-refractivity contribution >= 4 is 39.1 Å². The average molecular weight is 373 g/mol. The lowest BCUT2D eigenvalue weighted by atomic mass is 10.1. The number of rotatable bonds is 4. The Balaban J connectivity index is 1.86. The van der Waals surface area contributed by atoms with Crippen LogP contribution in [-0.4, -0.2) is 21.9 Å². The normalized spacial score (nSPS) is 10.2. The minimum absolute atomic E-state index is 0.0356. The molecule has 1 aromatic heterocycles. The van der Waals surface area contributed by atoms with Gasteiger partial charge in [0.05, 0.1) is 10.7 Å². The highest BCUT2D eigenvalue weighted by Crippen LogP contribution is 2.17. The molecule has 2 rings (SSSR count). The van der Waals surface area contributed by atoms with Crippen molar-refractivity contribution in [3.63, 3.8) is 0 Å². The Morgan fingerprint density at radius 3 is 2.62 bits per heavy atom. The molecule has 110 valence electrons. The van der Waals surface area contributed by atoms with Crippen molar-refractivity contribution < 1.29 is 8.78 Å². The van der Waals surface area contributed by atoms with E-state index >= 15 is 0 Å². The van der Waals surface area contributed by atoms with E-state index in [4.69, 9.17) is 12.2 Å². The molecule has 0 fully saturated rings. The summed E-state index contributed by atoms with van der Waals surface area (Å²) in [5.74, 6) is -0.660. The maximum atomic E-state index is 13.4. The van der Waals surface area contributed by atoms with Crippen molar-refractivity contribution in [3.05, 3.63) is 52.1 Å². The van der Waals surface area contributed by atoms with Crippen LogP contribution in [0, 0.1) is 11.6 Å². The van der Waals surface area contributed by atoms with Crippen molar-refractivity contribution in [2.75, 3.05) is 11.9 Å². The number of aromatic nitrogens is 2. The molecule has 2 aromatic rings. The molecular formula is C13H11BrF2N4S. The van der Waals surface area contributed by atoms with Gasteiger partial charge in [-0.05, 0) is 52.8 Å². The van der Waals surface area contributed by atoms with E-state index in [-0.39, 0.29) is 12.0 Å². The maximum Gasteiger partial charge on any atom is 0.172 e. The van der Waals surface area contributed by atoms with Crippen molar-refractivity contribution in [2.45, 2.75) is 6.42 Å². The number of halogens is 3. The number of nitrogens with one attached hydrogen (secondary N) is 2. The van der Waals surface area contributed by atoms with Crippen molar-refractivity contribution in [2.24, 2.45) is 0 Å². The van der Waals surface area contributed by atoms with Crippen LogP contribution in [0.15, 0.2) is 34.9 Å². The van der Waals surface area contributed by atoms with E-state index in [9.17, 15) is 8.78 Å². The van der Waals surface area contributed by atoms with Crippen LogP contribution in [0.1, 0.15) is 5.56 Å². The van der Waals surface area contributed by atoms with Crippen LogP contribution < -0.4 is 10.6 Å². The molecule has 2 N–H and O–H groups in total. The third-order valence-corrected chi connectivity index (χ3v) is 3.51. The van der Waals surface area contributed by atoms with Gasteiger partial charge in [-0.1, -0.05) is 6.07 Å². The Hall–Kier alpha value is -1.67. The molecule has 21 heavy (non-hydrogen) atoms. The van der Waals surface area contributed by atoms with Gasteiger partial charge in [-0.15, -0.1) is 5.10 Å². The second kappa shape index (κ2) is 7.37. The summed E-state index contributed by atoms with van der Waals surface area (Å²) < 4.78 is 27.6. The number of benzene rings is 1. The predicted molar refractivity (Wildman–Crippen MR) is 84.0 cm³/mol. The minimum atomic E-state index is -0.563. The van der Waals surface area contributed by atoms with Gasteiger partial charge in [-0.3, -0.25) is 0 Å². The van der Waals surface area contributed by atoms with Crippen molar-refractivity contribution in [1.29, 1.82) is 0 Å². The maximum absolute atomic E-state index is 13.4. The Kier molecular flexibility index (Phi) is 5.51. The first kappa shape index (κ1) is 15.7. The van der Waals surface area contributed by atoms with Gasteiger partial charge in [-0.2, -0.15) is 5.10 Å². The second-order valence-corrected chi connectivity index (χ2v) is 5.32. The zero-order valence-electron chi connectivity index (χ0n) is 10.7. The first-order chi connectivity index (χ1) is 10.1. The highest BCUT2D eigenvalue weighted by Gasteiger charge is 2.08. The molecule has 0 saturated carbocycles. The first-order valence-electron chi connectivity index (χ1n) is 6.03. The molecule has 0 aliphatic heterocycles. The van der Waals surface area contributed by atoms with Gasteiger partial charge < -0.3 is 10.6 Å². The third-order valence-electron chi connectivity index (χ3n) is 2.63. The summed E-state index contributed by atoms with van der Waals surface area (Å²) in [4.78, 5) is 0. The predicted octanol–water partition coefficient (Wildman–Crippen LogP) is 3.05. The monoisotopic (exact) mass is 372 g/mol. The topological polar surface area (TPSA) is 49.8 Å². The van der Waals surface area contributed by atoms with E-state index in [1.54, 1.807) is 6.07 Å². The Labute approximate surface area is 134 Å². The van der Waals surface area contributed by atoms with Gasteiger partial charge in [0.2, 0.25) is 0 Å². The standard InChI is InChI=1S/C13H11BrF2N4S/c14-9-5-7-18-20-12(9)19-13(21)17-6-4-8-10(15)2-1-3-11(8)16/h1-3,5,7H,4,6H2,(H2,17,19,20,21). The van der Waals surface area contributed by atoms with Crippen LogP contribution in [0.4, 0.5) is 14.6 Å². The molecule has 0 spiro atoms. The van der Waals surface area contributed by atoms with E-state index in [2.05, 4.69) is 36.8 Å². The number of thiocarbonyl (C=S) groups is 1. The van der Waals surface area contributed by atoms with E-state index in [1.807, 2.05) is 0 Å². The lowest BCUT2D eigenvalue weighted by Gasteiger charge is -2.11. The van der Waals surface area contributed by atoms with Crippen LogP contribution in [0.5, 0.6) is 0 Å². The van der Waals surface area contributed by atoms with Gasteiger partial charge in [0.25, 0.3) is 0 Å². The molecule has 0 saturated heterocycles. The number of nitrogens with zero attached hydrogens (tertiary/aromatic N) is 2. The molecule has 0 radical (unpaired) electrons. The highest BCUT2D eigenvalue weighted by atomic mass is 79.9. The number of anilines is 1. The largest absolute Gasteiger partial charge is 0.362 e. The summed E-state index contributed by atoms with van der Waals surface area (Å²) in [6, 6.07) is 5.50. The summed E-state index contributed by atoms with van der Waals surface area (Å²) in [5.41, 5.74) is 0.0356. The fourth-order valence-electron chi connectivity index (χ4n) is 1.63.